The molecule has 0 aliphatic heterocycles. The van der Waals surface area contributed by atoms with Gasteiger partial charge in [-0.25, -0.2) is 4.79 Å². The van der Waals surface area contributed by atoms with E-state index >= 15 is 0 Å². The second-order valence-electron chi connectivity index (χ2n) is 6.28. The summed E-state index contributed by atoms with van der Waals surface area (Å²) in [7, 11) is 0. The predicted octanol–water partition coefficient (Wildman–Crippen LogP) is 1.53. The summed E-state index contributed by atoms with van der Waals surface area (Å²) in [5.74, 6) is -1.16. The van der Waals surface area contributed by atoms with Crippen LogP contribution in [-0.2, 0) is 9.59 Å². The van der Waals surface area contributed by atoms with Crippen molar-refractivity contribution in [1.82, 2.24) is 5.32 Å². The summed E-state index contributed by atoms with van der Waals surface area (Å²) < 4.78 is 0. The van der Waals surface area contributed by atoms with Crippen LogP contribution in [-0.4, -0.2) is 29.1 Å². The maximum absolute atomic E-state index is 12.0. The highest BCUT2D eigenvalue weighted by molar-refractivity contribution is 5.86. The van der Waals surface area contributed by atoms with Gasteiger partial charge in [0.1, 0.15) is 0 Å². The highest BCUT2D eigenvalue weighted by atomic mass is 16.4. The van der Waals surface area contributed by atoms with E-state index in [4.69, 9.17) is 10.8 Å². The fourth-order valence-electron chi connectivity index (χ4n) is 1.39. The molecule has 0 saturated carbocycles. The van der Waals surface area contributed by atoms with E-state index in [0.717, 1.165) is 0 Å². The van der Waals surface area contributed by atoms with Gasteiger partial charge in [-0.05, 0) is 18.3 Å². The zero-order valence-corrected chi connectivity index (χ0v) is 12.7. The van der Waals surface area contributed by atoms with Crippen molar-refractivity contribution in [2.75, 3.05) is 0 Å². The van der Waals surface area contributed by atoms with Gasteiger partial charge in [-0.3, -0.25) is 4.79 Å². The largest absolute Gasteiger partial charge is 0.478 e. The molecule has 0 aliphatic rings. The van der Waals surface area contributed by atoms with E-state index in [-0.39, 0.29) is 28.9 Å². The van der Waals surface area contributed by atoms with Crippen molar-refractivity contribution in [2.24, 2.45) is 17.1 Å². The first-order chi connectivity index (χ1) is 8.46. The third-order valence-corrected chi connectivity index (χ3v) is 3.01. The number of nitrogens with one attached hydrogen (secondary N) is 1. The summed E-state index contributed by atoms with van der Waals surface area (Å²) in [5, 5.41) is 11.7. The number of nitrogens with two attached hydrogens (primary N) is 1. The second-order valence-corrected chi connectivity index (χ2v) is 6.28. The zero-order chi connectivity index (χ0) is 15.4. The molecule has 4 N–H and O–H groups in total. The van der Waals surface area contributed by atoms with Crippen LogP contribution in [0.3, 0.4) is 0 Å². The first kappa shape index (κ1) is 17.6. The van der Waals surface area contributed by atoms with Gasteiger partial charge in [0.05, 0.1) is 12.1 Å². The first-order valence-electron chi connectivity index (χ1n) is 6.44. The SMILES string of the molecule is C/C(=C\[C@@H](NC(=O)[C@@H](N)C(C)(C)C)C(C)C)C(=O)O. The molecular formula is C14H26N2O3. The summed E-state index contributed by atoms with van der Waals surface area (Å²) >= 11 is 0. The van der Waals surface area contributed by atoms with Crippen molar-refractivity contribution < 1.29 is 14.7 Å². The molecule has 0 fully saturated rings. The van der Waals surface area contributed by atoms with Gasteiger partial charge in [0.2, 0.25) is 5.91 Å². The average Bonchev–Trinajstić information content (AvgIpc) is 2.24. The van der Waals surface area contributed by atoms with Crippen molar-refractivity contribution in [2.45, 2.75) is 53.6 Å². The first-order valence-corrected chi connectivity index (χ1v) is 6.44. The van der Waals surface area contributed by atoms with Gasteiger partial charge >= 0.3 is 5.97 Å². The molecule has 0 saturated heterocycles. The number of carbonyl (C=O) groups is 2. The number of hydrogen-bond donors (Lipinski definition) is 3. The normalized spacial score (nSPS) is 16.1. The van der Waals surface area contributed by atoms with Crippen LogP contribution in [0.4, 0.5) is 0 Å². The van der Waals surface area contributed by atoms with Crippen molar-refractivity contribution in [3.63, 3.8) is 0 Å². The molecule has 0 unspecified atom stereocenters. The van der Waals surface area contributed by atoms with E-state index in [2.05, 4.69) is 5.32 Å². The summed E-state index contributed by atoms with van der Waals surface area (Å²) in [6.07, 6.45) is 1.56. The summed E-state index contributed by atoms with van der Waals surface area (Å²) in [4.78, 5) is 22.9. The number of amides is 1. The van der Waals surface area contributed by atoms with Crippen molar-refractivity contribution in [1.29, 1.82) is 0 Å². The molecule has 5 nitrogen and oxygen atoms in total. The quantitative estimate of drug-likeness (QED) is 0.661. The van der Waals surface area contributed by atoms with Gasteiger partial charge in [-0.2, -0.15) is 0 Å². The second kappa shape index (κ2) is 6.70. The molecule has 0 aromatic rings. The zero-order valence-electron chi connectivity index (χ0n) is 12.7. The molecule has 0 spiro atoms. The monoisotopic (exact) mass is 270 g/mol. The van der Waals surface area contributed by atoms with Gasteiger partial charge in [-0.1, -0.05) is 40.7 Å². The highest BCUT2D eigenvalue weighted by Gasteiger charge is 2.29. The van der Waals surface area contributed by atoms with Crippen LogP contribution in [0.1, 0.15) is 41.5 Å². The number of aliphatic carboxylic acids is 1. The van der Waals surface area contributed by atoms with Crippen molar-refractivity contribution in [3.05, 3.63) is 11.6 Å². The molecule has 0 radical (unpaired) electrons. The molecule has 0 aromatic heterocycles. The lowest BCUT2D eigenvalue weighted by Gasteiger charge is -2.28. The molecule has 0 rings (SSSR count). The molecule has 0 aromatic carbocycles. The third-order valence-electron chi connectivity index (χ3n) is 3.01. The molecule has 0 bridgehead atoms. The summed E-state index contributed by atoms with van der Waals surface area (Å²) in [5.41, 5.74) is 5.76. The van der Waals surface area contributed by atoms with E-state index in [1.165, 1.54) is 6.92 Å². The maximum Gasteiger partial charge on any atom is 0.331 e. The Morgan fingerprint density at radius 1 is 1.26 bits per heavy atom. The van der Waals surface area contributed by atoms with Crippen LogP contribution >= 0.6 is 0 Å². The van der Waals surface area contributed by atoms with Crippen molar-refractivity contribution >= 4 is 11.9 Å². The van der Waals surface area contributed by atoms with Gasteiger partial charge in [0.25, 0.3) is 0 Å². The Labute approximate surface area is 115 Å². The number of carboxylic acids is 1. The molecule has 0 heterocycles. The number of carboxylic acid groups (broad SMARTS) is 1. The van der Waals surface area contributed by atoms with E-state index in [1.54, 1.807) is 6.08 Å². The van der Waals surface area contributed by atoms with Crippen LogP contribution in [0, 0.1) is 11.3 Å². The van der Waals surface area contributed by atoms with Gasteiger partial charge in [-0.15, -0.1) is 0 Å². The highest BCUT2D eigenvalue weighted by Crippen LogP contribution is 2.18. The molecule has 19 heavy (non-hydrogen) atoms. The molecule has 5 heteroatoms. The molecule has 0 aliphatic carbocycles. The average molecular weight is 270 g/mol. The molecule has 110 valence electrons. The van der Waals surface area contributed by atoms with E-state index in [9.17, 15) is 9.59 Å². The Kier molecular flexibility index (Phi) is 6.22. The fourth-order valence-corrected chi connectivity index (χ4v) is 1.39. The lowest BCUT2D eigenvalue weighted by atomic mass is 9.86. The number of rotatable bonds is 5. The minimum Gasteiger partial charge on any atom is -0.478 e. The van der Waals surface area contributed by atoms with E-state index < -0.39 is 12.0 Å². The summed E-state index contributed by atoms with van der Waals surface area (Å²) in [6, 6.07) is -0.968. The van der Waals surface area contributed by atoms with Crippen LogP contribution in [0.2, 0.25) is 0 Å². The molecular weight excluding hydrogens is 244 g/mol. The Morgan fingerprint density at radius 2 is 1.74 bits per heavy atom. The predicted molar refractivity (Wildman–Crippen MR) is 75.6 cm³/mol. The number of hydrogen-bond acceptors (Lipinski definition) is 3. The lowest BCUT2D eigenvalue weighted by Crippen LogP contribution is -2.52. The Balaban J connectivity index is 4.93. The standard InChI is InChI=1S/C14H26N2O3/c1-8(2)10(7-9(3)13(18)19)16-12(17)11(15)14(4,5)6/h7-8,10-11H,15H2,1-6H3,(H,16,17)(H,18,19)/b9-7+/t10-,11-/m1/s1. The smallest absolute Gasteiger partial charge is 0.331 e. The van der Waals surface area contributed by atoms with Crippen LogP contribution in [0.25, 0.3) is 0 Å². The van der Waals surface area contributed by atoms with Crippen molar-refractivity contribution in [3.8, 4) is 0 Å². The van der Waals surface area contributed by atoms with E-state index in [1.807, 2.05) is 34.6 Å². The van der Waals surface area contributed by atoms with Crippen LogP contribution in [0.15, 0.2) is 11.6 Å². The van der Waals surface area contributed by atoms with Gasteiger partial charge < -0.3 is 16.2 Å². The van der Waals surface area contributed by atoms with Crippen LogP contribution < -0.4 is 11.1 Å². The minimum absolute atomic E-state index is 0.0884. The van der Waals surface area contributed by atoms with Gasteiger partial charge in [0, 0.05) is 5.57 Å². The Hall–Kier alpha value is -1.36. The summed E-state index contributed by atoms with van der Waals surface area (Å²) in [6.45, 7) is 11.0. The van der Waals surface area contributed by atoms with Gasteiger partial charge in [0.15, 0.2) is 0 Å². The minimum atomic E-state index is -0.986. The third kappa shape index (κ3) is 5.87. The van der Waals surface area contributed by atoms with Crippen LogP contribution in [0.5, 0.6) is 0 Å². The molecule has 1 amide bonds. The maximum atomic E-state index is 12.0. The topological polar surface area (TPSA) is 92.4 Å². The Morgan fingerprint density at radius 3 is 2.05 bits per heavy atom. The Bertz CT molecular complexity index is 367. The fraction of sp³-hybridized carbons (Fsp3) is 0.714. The molecule has 2 atom stereocenters. The lowest BCUT2D eigenvalue weighted by molar-refractivity contribution is -0.132. The number of carbonyl (C=O) groups excluding carboxylic acids is 1. The van der Waals surface area contributed by atoms with E-state index in [0.29, 0.717) is 0 Å².